The van der Waals surface area contributed by atoms with Crippen LogP contribution in [-0.2, 0) is 6.54 Å². The van der Waals surface area contributed by atoms with Crippen LogP contribution in [0.15, 0.2) is 48.5 Å². The van der Waals surface area contributed by atoms with Crippen molar-refractivity contribution in [2.45, 2.75) is 57.8 Å². The van der Waals surface area contributed by atoms with Crippen molar-refractivity contribution in [2.75, 3.05) is 33.3 Å². The molecular weight excluding hydrogens is 382 g/mol. The van der Waals surface area contributed by atoms with Crippen LogP contribution in [0.4, 0.5) is 0 Å². The Hall–Kier alpha value is -1.88. The van der Waals surface area contributed by atoms with Gasteiger partial charge in [-0.25, -0.2) is 0 Å². The summed E-state index contributed by atoms with van der Waals surface area (Å²) in [5.41, 5.74) is 4.94. The average Bonchev–Trinajstić information content (AvgIpc) is 2.73. The highest BCUT2D eigenvalue weighted by Gasteiger charge is 2.54. The van der Waals surface area contributed by atoms with Gasteiger partial charge in [0.05, 0.1) is 13.3 Å². The number of ether oxygens (including phenoxy) is 1. The predicted molar refractivity (Wildman–Crippen MR) is 126 cm³/mol. The quantitative estimate of drug-likeness (QED) is 0.729. The Bertz CT molecular complexity index is 884. The normalized spacial score (nSPS) is 25.9. The first-order chi connectivity index (χ1) is 15.1. The molecule has 3 aliphatic rings. The molecule has 0 bridgehead atoms. The number of benzene rings is 2. The highest BCUT2D eigenvalue weighted by atomic mass is 16.5. The van der Waals surface area contributed by atoms with Crippen molar-refractivity contribution in [3.8, 4) is 5.75 Å². The van der Waals surface area contributed by atoms with E-state index in [0.717, 1.165) is 31.9 Å². The molecule has 0 amide bonds. The van der Waals surface area contributed by atoms with Gasteiger partial charge in [-0.05, 0) is 47.6 Å². The highest BCUT2D eigenvalue weighted by Crippen LogP contribution is 2.51. The van der Waals surface area contributed by atoms with Crippen molar-refractivity contribution in [1.82, 2.24) is 15.1 Å². The lowest BCUT2D eigenvalue weighted by Gasteiger charge is -2.62. The van der Waals surface area contributed by atoms with Gasteiger partial charge in [0, 0.05) is 44.2 Å². The number of hydrogen-bond donors (Lipinski definition) is 1. The minimum atomic E-state index is 0.445. The van der Waals surface area contributed by atoms with Crippen LogP contribution in [0.1, 0.15) is 61.8 Å². The molecule has 0 radical (unpaired) electrons. The largest absolute Gasteiger partial charge is 0.497 e. The molecule has 3 fully saturated rings. The molecule has 2 aromatic carbocycles. The van der Waals surface area contributed by atoms with Gasteiger partial charge in [-0.1, -0.05) is 56.7 Å². The van der Waals surface area contributed by atoms with Gasteiger partial charge in [-0.15, -0.1) is 0 Å². The van der Waals surface area contributed by atoms with Gasteiger partial charge in [0.15, 0.2) is 0 Å². The molecule has 31 heavy (non-hydrogen) atoms. The van der Waals surface area contributed by atoms with E-state index in [1.165, 1.54) is 42.5 Å². The van der Waals surface area contributed by atoms with Crippen molar-refractivity contribution in [1.29, 1.82) is 0 Å². The zero-order valence-corrected chi connectivity index (χ0v) is 19.3. The lowest BCUT2D eigenvalue weighted by atomic mass is 9.61. The summed E-state index contributed by atoms with van der Waals surface area (Å²) in [6.45, 7) is 10.2. The van der Waals surface area contributed by atoms with E-state index in [2.05, 4.69) is 77.5 Å². The molecule has 4 nitrogen and oxygen atoms in total. The zero-order chi connectivity index (χ0) is 21.4. The number of rotatable bonds is 6. The van der Waals surface area contributed by atoms with E-state index in [1.54, 1.807) is 7.11 Å². The van der Waals surface area contributed by atoms with Crippen molar-refractivity contribution in [2.24, 2.45) is 5.41 Å². The van der Waals surface area contributed by atoms with Gasteiger partial charge in [0.1, 0.15) is 5.75 Å². The molecular formula is C27H37N3O. The van der Waals surface area contributed by atoms with E-state index in [-0.39, 0.29) is 0 Å². The molecule has 1 spiro atoms. The number of methoxy groups -OCH3 is 1. The van der Waals surface area contributed by atoms with E-state index >= 15 is 0 Å². The highest BCUT2D eigenvalue weighted by molar-refractivity contribution is 5.34. The van der Waals surface area contributed by atoms with Crippen LogP contribution in [0.5, 0.6) is 5.75 Å². The van der Waals surface area contributed by atoms with Crippen LogP contribution in [0, 0.1) is 5.41 Å². The fourth-order valence-corrected chi connectivity index (χ4v) is 5.94. The van der Waals surface area contributed by atoms with Crippen LogP contribution in [0.3, 0.4) is 0 Å². The topological polar surface area (TPSA) is 27.7 Å². The maximum Gasteiger partial charge on any atom is 0.118 e. The van der Waals surface area contributed by atoms with Gasteiger partial charge in [0.25, 0.3) is 0 Å². The standard InChI is InChI=1S/C27H37N3O/c1-20(2)23-7-4-5-8-24(23)25-18-29(17-21-9-11-22(31-3)12-10-21)15-16-30(25)26-27(19-28-26)13-6-14-27/h4-5,7-12,20,25-26,28H,6,13-19H2,1-3H3. The first-order valence-electron chi connectivity index (χ1n) is 12.0. The molecule has 1 aliphatic carbocycles. The minimum Gasteiger partial charge on any atom is -0.497 e. The first kappa shape index (κ1) is 21.0. The third-order valence-corrected chi connectivity index (χ3v) is 7.96. The lowest BCUT2D eigenvalue weighted by Crippen LogP contribution is -2.73. The summed E-state index contributed by atoms with van der Waals surface area (Å²) >= 11 is 0. The third kappa shape index (κ3) is 3.90. The van der Waals surface area contributed by atoms with Crippen molar-refractivity contribution in [3.63, 3.8) is 0 Å². The summed E-state index contributed by atoms with van der Waals surface area (Å²) in [4.78, 5) is 5.46. The van der Waals surface area contributed by atoms with Crippen LogP contribution in [0.2, 0.25) is 0 Å². The predicted octanol–water partition coefficient (Wildman–Crippen LogP) is 4.78. The Labute approximate surface area is 187 Å². The van der Waals surface area contributed by atoms with Crippen LogP contribution in [0.25, 0.3) is 0 Å². The monoisotopic (exact) mass is 419 g/mol. The van der Waals surface area contributed by atoms with E-state index < -0.39 is 0 Å². The van der Waals surface area contributed by atoms with Crippen molar-refractivity contribution < 1.29 is 4.74 Å². The summed E-state index contributed by atoms with van der Waals surface area (Å²) in [5, 5.41) is 3.83. The van der Waals surface area contributed by atoms with Gasteiger partial charge < -0.3 is 10.1 Å². The molecule has 1 N–H and O–H groups in total. The first-order valence-corrected chi connectivity index (χ1v) is 12.0. The Balaban J connectivity index is 1.40. The molecule has 1 saturated carbocycles. The SMILES string of the molecule is COc1ccc(CN2CCN(C3NCC34CCC4)C(c3ccccc3C(C)C)C2)cc1. The third-order valence-electron chi connectivity index (χ3n) is 7.96. The van der Waals surface area contributed by atoms with Gasteiger partial charge in [-0.2, -0.15) is 0 Å². The number of hydrogen-bond acceptors (Lipinski definition) is 4. The summed E-state index contributed by atoms with van der Waals surface area (Å²) < 4.78 is 5.34. The Morgan fingerprint density at radius 2 is 1.84 bits per heavy atom. The van der Waals surface area contributed by atoms with Gasteiger partial charge in [0.2, 0.25) is 0 Å². The van der Waals surface area contributed by atoms with Crippen LogP contribution >= 0.6 is 0 Å². The van der Waals surface area contributed by atoms with Crippen molar-refractivity contribution >= 4 is 0 Å². The minimum absolute atomic E-state index is 0.445. The average molecular weight is 420 g/mol. The fraction of sp³-hybridized carbons (Fsp3) is 0.556. The molecule has 2 atom stereocenters. The number of nitrogens with zero attached hydrogens (tertiary/aromatic N) is 2. The van der Waals surface area contributed by atoms with E-state index in [9.17, 15) is 0 Å². The Morgan fingerprint density at radius 1 is 1.06 bits per heavy atom. The second kappa shape index (κ2) is 8.57. The number of piperazine rings is 1. The fourth-order valence-electron chi connectivity index (χ4n) is 5.94. The lowest BCUT2D eigenvalue weighted by molar-refractivity contribution is -0.123. The zero-order valence-electron chi connectivity index (χ0n) is 19.3. The molecule has 0 aromatic heterocycles. The number of nitrogens with one attached hydrogen (secondary N) is 1. The van der Waals surface area contributed by atoms with E-state index in [0.29, 0.717) is 23.5 Å². The second-order valence-electron chi connectivity index (χ2n) is 10.1. The summed E-state index contributed by atoms with van der Waals surface area (Å²) in [6.07, 6.45) is 4.75. The smallest absolute Gasteiger partial charge is 0.118 e. The molecule has 5 rings (SSSR count). The van der Waals surface area contributed by atoms with E-state index in [4.69, 9.17) is 4.74 Å². The second-order valence-corrected chi connectivity index (χ2v) is 10.1. The summed E-state index contributed by atoms with van der Waals surface area (Å²) in [7, 11) is 1.73. The molecule has 2 aromatic rings. The van der Waals surface area contributed by atoms with Crippen LogP contribution < -0.4 is 10.1 Å². The van der Waals surface area contributed by atoms with Crippen molar-refractivity contribution in [3.05, 3.63) is 65.2 Å². The van der Waals surface area contributed by atoms with Crippen LogP contribution in [-0.4, -0.2) is 49.3 Å². The maximum atomic E-state index is 5.34. The molecule has 2 unspecified atom stereocenters. The molecule has 2 heterocycles. The maximum absolute atomic E-state index is 5.34. The van der Waals surface area contributed by atoms with Gasteiger partial charge >= 0.3 is 0 Å². The van der Waals surface area contributed by atoms with Gasteiger partial charge in [-0.3, -0.25) is 9.80 Å². The molecule has 2 saturated heterocycles. The summed E-state index contributed by atoms with van der Waals surface area (Å²) in [5.74, 6) is 1.47. The molecule has 2 aliphatic heterocycles. The van der Waals surface area contributed by atoms with E-state index in [1.807, 2.05) is 0 Å². The molecule has 4 heteroatoms. The Morgan fingerprint density at radius 3 is 2.45 bits per heavy atom. The Kier molecular flexibility index (Phi) is 5.80. The molecule has 166 valence electrons. The summed E-state index contributed by atoms with van der Waals surface area (Å²) in [6, 6.07) is 18.2.